The predicted octanol–water partition coefficient (Wildman–Crippen LogP) is 3.49. The Morgan fingerprint density at radius 3 is 2.67 bits per heavy atom. The molecule has 2 aromatic rings. The average Bonchev–Trinajstić information content (AvgIpc) is 3.02. The first-order valence-electron chi connectivity index (χ1n) is 10.1. The van der Waals surface area contributed by atoms with Gasteiger partial charge in [-0.25, -0.2) is 0 Å². The van der Waals surface area contributed by atoms with Crippen LogP contribution in [0.3, 0.4) is 0 Å². The Kier molecular flexibility index (Phi) is 5.04. The number of hydrogen-bond donors (Lipinski definition) is 0. The molecule has 1 unspecified atom stereocenters. The van der Waals surface area contributed by atoms with E-state index in [2.05, 4.69) is 27.1 Å². The van der Waals surface area contributed by atoms with Gasteiger partial charge in [0.05, 0.1) is 5.69 Å². The fraction of sp³-hybridized carbons (Fsp3) is 0.545. The zero-order chi connectivity index (χ0) is 18.9. The normalized spacial score (nSPS) is 22.8. The van der Waals surface area contributed by atoms with Crippen molar-refractivity contribution in [3.8, 4) is 0 Å². The molecule has 1 atom stereocenters. The molecule has 2 saturated heterocycles. The number of carbonyl (C=O) groups is 1. The van der Waals surface area contributed by atoms with Crippen LogP contribution in [0.25, 0.3) is 0 Å². The molecule has 0 bridgehead atoms. The van der Waals surface area contributed by atoms with E-state index in [9.17, 15) is 4.79 Å². The van der Waals surface area contributed by atoms with Crippen LogP contribution < -0.4 is 0 Å². The van der Waals surface area contributed by atoms with Crippen LogP contribution >= 0.6 is 0 Å². The minimum absolute atomic E-state index is 0.150. The SMILES string of the molecule is Cc1noc(C)c1CN1CCC12CCCN(C(=O)CCc1ccccc1)C2. The van der Waals surface area contributed by atoms with Crippen molar-refractivity contribution in [1.82, 2.24) is 15.0 Å². The lowest BCUT2D eigenvalue weighted by Crippen LogP contribution is -2.67. The first kappa shape index (κ1) is 18.2. The molecule has 2 aliphatic rings. The van der Waals surface area contributed by atoms with Gasteiger partial charge in [-0.1, -0.05) is 35.5 Å². The topological polar surface area (TPSA) is 49.6 Å². The van der Waals surface area contributed by atoms with Crippen LogP contribution in [0.2, 0.25) is 0 Å². The standard InChI is InChI=1S/C22H29N3O2/c1-17-20(18(2)27-23-17)15-25-14-12-22(25)11-6-13-24(16-22)21(26)10-9-19-7-4-3-5-8-19/h3-5,7-8H,6,9-16H2,1-2H3. The summed E-state index contributed by atoms with van der Waals surface area (Å²) >= 11 is 0. The number of nitrogens with zero attached hydrogens (tertiary/aromatic N) is 3. The summed E-state index contributed by atoms with van der Waals surface area (Å²) in [7, 11) is 0. The van der Waals surface area contributed by atoms with E-state index < -0.39 is 0 Å². The lowest BCUT2D eigenvalue weighted by Gasteiger charge is -2.57. The summed E-state index contributed by atoms with van der Waals surface area (Å²) < 4.78 is 5.33. The van der Waals surface area contributed by atoms with Gasteiger partial charge < -0.3 is 9.42 Å². The van der Waals surface area contributed by atoms with Gasteiger partial charge in [0, 0.05) is 43.7 Å². The van der Waals surface area contributed by atoms with Crippen molar-refractivity contribution < 1.29 is 9.32 Å². The van der Waals surface area contributed by atoms with Crippen molar-refractivity contribution in [1.29, 1.82) is 0 Å². The summed E-state index contributed by atoms with van der Waals surface area (Å²) in [6, 6.07) is 10.3. The Morgan fingerprint density at radius 1 is 1.19 bits per heavy atom. The molecule has 0 radical (unpaired) electrons. The number of carbonyl (C=O) groups excluding carboxylic acids is 1. The first-order chi connectivity index (χ1) is 13.1. The van der Waals surface area contributed by atoms with E-state index in [0.717, 1.165) is 50.5 Å². The highest BCUT2D eigenvalue weighted by atomic mass is 16.5. The number of aromatic nitrogens is 1. The molecule has 5 nitrogen and oxygen atoms in total. The minimum Gasteiger partial charge on any atom is -0.361 e. The van der Waals surface area contributed by atoms with Crippen molar-refractivity contribution in [2.75, 3.05) is 19.6 Å². The monoisotopic (exact) mass is 367 g/mol. The average molecular weight is 367 g/mol. The first-order valence-corrected chi connectivity index (χ1v) is 10.1. The molecule has 144 valence electrons. The minimum atomic E-state index is 0.150. The molecule has 0 saturated carbocycles. The van der Waals surface area contributed by atoms with Crippen LogP contribution in [0.1, 0.15) is 48.3 Å². The molecule has 0 aliphatic carbocycles. The predicted molar refractivity (Wildman–Crippen MR) is 104 cm³/mol. The largest absolute Gasteiger partial charge is 0.361 e. The molecule has 0 N–H and O–H groups in total. The van der Waals surface area contributed by atoms with Gasteiger partial charge in [0.1, 0.15) is 5.76 Å². The zero-order valence-corrected chi connectivity index (χ0v) is 16.4. The molecule has 2 fully saturated rings. The van der Waals surface area contributed by atoms with Gasteiger partial charge in [0.25, 0.3) is 0 Å². The molecular weight excluding hydrogens is 338 g/mol. The van der Waals surface area contributed by atoms with E-state index in [1.807, 2.05) is 32.0 Å². The third kappa shape index (κ3) is 3.65. The maximum atomic E-state index is 12.8. The number of likely N-dealkylation sites (tertiary alicyclic amines) is 2. The number of piperidine rings is 1. The van der Waals surface area contributed by atoms with Gasteiger partial charge in [-0.2, -0.15) is 0 Å². The van der Waals surface area contributed by atoms with Crippen LogP contribution in [0.5, 0.6) is 0 Å². The van der Waals surface area contributed by atoms with Crippen LogP contribution in [0.15, 0.2) is 34.9 Å². The summed E-state index contributed by atoms with van der Waals surface area (Å²) in [6.45, 7) is 7.74. The summed E-state index contributed by atoms with van der Waals surface area (Å²) in [5.41, 5.74) is 3.58. The van der Waals surface area contributed by atoms with Gasteiger partial charge in [-0.3, -0.25) is 9.69 Å². The summed E-state index contributed by atoms with van der Waals surface area (Å²) in [5, 5.41) is 4.09. The Labute approximate surface area is 161 Å². The number of benzene rings is 1. The molecule has 1 spiro atoms. The zero-order valence-electron chi connectivity index (χ0n) is 16.4. The molecule has 3 heterocycles. The molecule has 1 aromatic heterocycles. The maximum Gasteiger partial charge on any atom is 0.222 e. The Morgan fingerprint density at radius 2 is 2.00 bits per heavy atom. The molecule has 5 heteroatoms. The van der Waals surface area contributed by atoms with Gasteiger partial charge in [-0.15, -0.1) is 0 Å². The van der Waals surface area contributed by atoms with Crippen LogP contribution in [-0.2, 0) is 17.8 Å². The number of rotatable bonds is 5. The van der Waals surface area contributed by atoms with E-state index in [1.165, 1.54) is 24.0 Å². The lowest BCUT2D eigenvalue weighted by molar-refractivity contribution is -0.140. The van der Waals surface area contributed by atoms with Crippen molar-refractivity contribution in [3.05, 3.63) is 52.9 Å². The summed E-state index contributed by atoms with van der Waals surface area (Å²) in [6.07, 6.45) is 4.88. The quantitative estimate of drug-likeness (QED) is 0.812. The van der Waals surface area contributed by atoms with Gasteiger partial charge in [-0.05, 0) is 45.1 Å². The van der Waals surface area contributed by atoms with Crippen LogP contribution in [-0.4, -0.2) is 46.0 Å². The maximum absolute atomic E-state index is 12.8. The van der Waals surface area contributed by atoms with E-state index in [0.29, 0.717) is 12.3 Å². The smallest absolute Gasteiger partial charge is 0.222 e. The van der Waals surface area contributed by atoms with Crippen LogP contribution in [0.4, 0.5) is 0 Å². The van der Waals surface area contributed by atoms with Crippen molar-refractivity contribution >= 4 is 5.91 Å². The third-order valence-electron chi connectivity index (χ3n) is 6.43. The lowest BCUT2D eigenvalue weighted by atomic mass is 9.77. The van der Waals surface area contributed by atoms with Crippen molar-refractivity contribution in [3.63, 3.8) is 0 Å². The Bertz CT molecular complexity index is 782. The second-order valence-corrected chi connectivity index (χ2v) is 8.10. The Balaban J connectivity index is 1.38. The highest BCUT2D eigenvalue weighted by molar-refractivity contribution is 5.76. The second-order valence-electron chi connectivity index (χ2n) is 8.10. The third-order valence-corrected chi connectivity index (χ3v) is 6.43. The highest BCUT2D eigenvalue weighted by Gasteiger charge is 2.48. The number of aryl methyl sites for hydroxylation is 3. The fourth-order valence-corrected chi connectivity index (χ4v) is 4.59. The highest BCUT2D eigenvalue weighted by Crippen LogP contribution is 2.40. The van der Waals surface area contributed by atoms with Crippen molar-refractivity contribution in [2.24, 2.45) is 0 Å². The fourth-order valence-electron chi connectivity index (χ4n) is 4.59. The van der Waals surface area contributed by atoms with Gasteiger partial charge in [0.15, 0.2) is 0 Å². The van der Waals surface area contributed by atoms with Crippen LogP contribution in [0, 0.1) is 13.8 Å². The van der Waals surface area contributed by atoms with E-state index >= 15 is 0 Å². The van der Waals surface area contributed by atoms with E-state index in [1.54, 1.807) is 0 Å². The molecule has 1 aromatic carbocycles. The second kappa shape index (κ2) is 7.47. The molecule has 1 amide bonds. The van der Waals surface area contributed by atoms with E-state index in [4.69, 9.17) is 4.52 Å². The summed E-state index contributed by atoms with van der Waals surface area (Å²) in [4.78, 5) is 17.5. The van der Waals surface area contributed by atoms with Gasteiger partial charge in [0.2, 0.25) is 5.91 Å². The molecule has 27 heavy (non-hydrogen) atoms. The number of amides is 1. The van der Waals surface area contributed by atoms with E-state index in [-0.39, 0.29) is 5.54 Å². The summed E-state index contributed by atoms with van der Waals surface area (Å²) in [5.74, 6) is 1.21. The van der Waals surface area contributed by atoms with Gasteiger partial charge >= 0.3 is 0 Å². The van der Waals surface area contributed by atoms with Crippen molar-refractivity contribution in [2.45, 2.75) is 58.0 Å². The molecule has 2 aliphatic heterocycles. The molecule has 4 rings (SSSR count). The Hall–Kier alpha value is -2.14. The number of hydrogen-bond acceptors (Lipinski definition) is 4. The molecular formula is C22H29N3O2.